The van der Waals surface area contributed by atoms with Gasteiger partial charge < -0.3 is 25.1 Å². The molecule has 0 aromatic carbocycles. The monoisotopic (exact) mass is 350 g/mol. The van der Waals surface area contributed by atoms with Crippen LogP contribution in [0.25, 0.3) is 5.52 Å². The summed E-state index contributed by atoms with van der Waals surface area (Å²) in [5, 5.41) is 14.7. The molecule has 2 aromatic heterocycles. The summed E-state index contributed by atoms with van der Waals surface area (Å²) < 4.78 is 17.6. The normalized spacial score (nSPS) is 26.3. The third-order valence-electron chi connectivity index (χ3n) is 4.24. The summed E-state index contributed by atoms with van der Waals surface area (Å²) in [6.07, 6.45) is -0.598. The number of aliphatic hydroxyl groups excluding tert-OH is 1. The van der Waals surface area contributed by atoms with Gasteiger partial charge in [-0.15, -0.1) is 0 Å². The Kier molecular flexibility index (Phi) is 4.53. The SMILES string of the molecule is CC(C)OC(=O)OC[C@@H]1C[C@@H](O)[C@](C)(c2ccc3c(N)ncnn23)O1. The van der Waals surface area contributed by atoms with Gasteiger partial charge in [-0.3, -0.25) is 0 Å². The maximum atomic E-state index is 11.5. The molecule has 9 nitrogen and oxygen atoms in total. The van der Waals surface area contributed by atoms with Gasteiger partial charge >= 0.3 is 6.16 Å². The molecule has 9 heteroatoms. The van der Waals surface area contributed by atoms with Gasteiger partial charge in [0.05, 0.1) is 24.0 Å². The smallest absolute Gasteiger partial charge is 0.432 e. The van der Waals surface area contributed by atoms with Crippen molar-refractivity contribution in [1.82, 2.24) is 14.6 Å². The van der Waals surface area contributed by atoms with Crippen molar-refractivity contribution in [2.45, 2.75) is 51.1 Å². The van der Waals surface area contributed by atoms with Crippen molar-refractivity contribution >= 4 is 17.5 Å². The van der Waals surface area contributed by atoms with Crippen LogP contribution in [0.1, 0.15) is 32.9 Å². The minimum absolute atomic E-state index is 0.00136. The molecule has 0 aliphatic carbocycles. The zero-order valence-electron chi connectivity index (χ0n) is 14.4. The first-order valence-corrected chi connectivity index (χ1v) is 8.09. The quantitative estimate of drug-likeness (QED) is 0.790. The highest BCUT2D eigenvalue weighted by atomic mass is 16.7. The highest BCUT2D eigenvalue weighted by Gasteiger charge is 2.48. The van der Waals surface area contributed by atoms with Crippen LogP contribution in [0.5, 0.6) is 0 Å². The van der Waals surface area contributed by atoms with Crippen molar-refractivity contribution in [3.05, 3.63) is 24.2 Å². The van der Waals surface area contributed by atoms with Gasteiger partial charge in [-0.1, -0.05) is 0 Å². The summed E-state index contributed by atoms with van der Waals surface area (Å²) in [6.45, 7) is 5.24. The van der Waals surface area contributed by atoms with Crippen LogP contribution >= 0.6 is 0 Å². The number of aliphatic hydroxyl groups is 1. The number of nitrogens with two attached hydrogens (primary N) is 1. The molecule has 3 N–H and O–H groups in total. The average Bonchev–Trinajstić information content (AvgIpc) is 3.08. The van der Waals surface area contributed by atoms with Crippen molar-refractivity contribution in [2.24, 2.45) is 0 Å². The van der Waals surface area contributed by atoms with Crippen LogP contribution in [0.2, 0.25) is 0 Å². The molecule has 3 rings (SSSR count). The van der Waals surface area contributed by atoms with Crippen molar-refractivity contribution < 1.29 is 24.1 Å². The number of nitrogens with zero attached hydrogens (tertiary/aromatic N) is 3. The molecule has 1 aliphatic heterocycles. The molecule has 1 fully saturated rings. The molecular formula is C16H22N4O5. The Balaban J connectivity index is 1.75. The number of fused-ring (bicyclic) bond motifs is 1. The number of rotatable bonds is 4. The average molecular weight is 350 g/mol. The molecule has 1 aliphatic rings. The second-order valence-electron chi connectivity index (χ2n) is 6.49. The second-order valence-corrected chi connectivity index (χ2v) is 6.49. The molecule has 0 bridgehead atoms. The first-order valence-electron chi connectivity index (χ1n) is 8.09. The molecule has 2 aromatic rings. The van der Waals surface area contributed by atoms with E-state index in [9.17, 15) is 9.90 Å². The van der Waals surface area contributed by atoms with Gasteiger partial charge in [0.1, 0.15) is 24.1 Å². The lowest BCUT2D eigenvalue weighted by Crippen LogP contribution is -2.35. The van der Waals surface area contributed by atoms with E-state index in [1.165, 1.54) is 6.33 Å². The highest BCUT2D eigenvalue weighted by molar-refractivity contribution is 5.65. The van der Waals surface area contributed by atoms with Crippen LogP contribution < -0.4 is 5.73 Å². The van der Waals surface area contributed by atoms with E-state index in [0.29, 0.717) is 23.4 Å². The van der Waals surface area contributed by atoms with Gasteiger partial charge in [0, 0.05) is 6.42 Å². The highest BCUT2D eigenvalue weighted by Crippen LogP contribution is 2.40. The summed E-state index contributed by atoms with van der Waals surface area (Å²) in [7, 11) is 0. The fourth-order valence-electron chi connectivity index (χ4n) is 3.00. The molecule has 0 spiro atoms. The third-order valence-corrected chi connectivity index (χ3v) is 4.24. The molecule has 3 heterocycles. The number of nitrogen functional groups attached to an aromatic ring is 1. The number of carbonyl (C=O) groups excluding carboxylic acids is 1. The Labute approximate surface area is 144 Å². The molecule has 3 atom stereocenters. The van der Waals surface area contributed by atoms with Gasteiger partial charge in [-0.25, -0.2) is 14.3 Å². The molecule has 0 saturated carbocycles. The summed E-state index contributed by atoms with van der Waals surface area (Å²) in [5.74, 6) is 0.341. The summed E-state index contributed by atoms with van der Waals surface area (Å²) >= 11 is 0. The van der Waals surface area contributed by atoms with Crippen molar-refractivity contribution in [1.29, 1.82) is 0 Å². The van der Waals surface area contributed by atoms with E-state index in [0.717, 1.165) is 0 Å². The van der Waals surface area contributed by atoms with Gasteiger partial charge in [-0.2, -0.15) is 5.10 Å². The van der Waals surface area contributed by atoms with Crippen LogP contribution in [0.3, 0.4) is 0 Å². The number of aromatic nitrogens is 3. The van der Waals surface area contributed by atoms with Crippen molar-refractivity contribution in [3.63, 3.8) is 0 Å². The van der Waals surface area contributed by atoms with Crippen molar-refractivity contribution in [2.75, 3.05) is 12.3 Å². The summed E-state index contributed by atoms with van der Waals surface area (Å²) in [4.78, 5) is 15.4. The van der Waals surface area contributed by atoms with E-state index in [4.69, 9.17) is 19.9 Å². The second kappa shape index (κ2) is 6.49. The summed E-state index contributed by atoms with van der Waals surface area (Å²) in [5.41, 5.74) is 6.12. The Morgan fingerprint density at radius 2 is 2.32 bits per heavy atom. The van der Waals surface area contributed by atoms with E-state index in [1.54, 1.807) is 37.4 Å². The van der Waals surface area contributed by atoms with E-state index in [1.807, 2.05) is 0 Å². The fraction of sp³-hybridized carbons (Fsp3) is 0.562. The van der Waals surface area contributed by atoms with Gasteiger partial charge in [0.2, 0.25) is 0 Å². The van der Waals surface area contributed by atoms with Gasteiger partial charge in [0.15, 0.2) is 5.82 Å². The topological polar surface area (TPSA) is 121 Å². The Morgan fingerprint density at radius 1 is 1.56 bits per heavy atom. The Bertz CT molecular complexity index is 777. The minimum atomic E-state index is -1.01. The Morgan fingerprint density at radius 3 is 3.04 bits per heavy atom. The number of hydrogen-bond acceptors (Lipinski definition) is 8. The first-order chi connectivity index (χ1) is 11.8. The molecule has 25 heavy (non-hydrogen) atoms. The largest absolute Gasteiger partial charge is 0.508 e. The number of anilines is 1. The maximum absolute atomic E-state index is 11.5. The number of carbonyl (C=O) groups is 1. The summed E-state index contributed by atoms with van der Waals surface area (Å²) in [6, 6.07) is 3.57. The predicted octanol–water partition coefficient (Wildman–Crippen LogP) is 1.24. The van der Waals surface area contributed by atoms with E-state index < -0.39 is 24.0 Å². The first kappa shape index (κ1) is 17.4. The molecular weight excluding hydrogens is 328 g/mol. The van der Waals surface area contributed by atoms with E-state index in [-0.39, 0.29) is 12.7 Å². The number of ether oxygens (including phenoxy) is 3. The van der Waals surface area contributed by atoms with Gasteiger partial charge in [0.25, 0.3) is 0 Å². The fourth-order valence-corrected chi connectivity index (χ4v) is 3.00. The molecule has 0 unspecified atom stereocenters. The molecule has 1 saturated heterocycles. The van der Waals surface area contributed by atoms with E-state index in [2.05, 4.69) is 10.1 Å². The van der Waals surface area contributed by atoms with Gasteiger partial charge in [-0.05, 0) is 32.9 Å². The molecule has 136 valence electrons. The van der Waals surface area contributed by atoms with E-state index >= 15 is 0 Å². The predicted molar refractivity (Wildman–Crippen MR) is 87.8 cm³/mol. The van der Waals surface area contributed by atoms with Crippen LogP contribution in [-0.4, -0.2) is 50.8 Å². The number of hydrogen-bond donors (Lipinski definition) is 2. The van der Waals surface area contributed by atoms with Crippen LogP contribution in [0.4, 0.5) is 10.6 Å². The standard InChI is InChI=1S/C16H22N4O5/c1-9(2)24-15(22)23-7-10-6-13(21)16(3,25-10)12-5-4-11-14(17)18-8-19-20(11)12/h4-5,8-10,13,21H,6-7H2,1-3H3,(H2,17,18,19)/t10-,13+,16-/m0/s1. The maximum Gasteiger partial charge on any atom is 0.508 e. The minimum Gasteiger partial charge on any atom is -0.432 e. The van der Waals surface area contributed by atoms with Crippen LogP contribution in [0.15, 0.2) is 18.5 Å². The zero-order chi connectivity index (χ0) is 18.2. The lowest BCUT2D eigenvalue weighted by Gasteiger charge is -2.27. The Hall–Kier alpha value is -2.39. The van der Waals surface area contributed by atoms with Crippen LogP contribution in [0, 0.1) is 0 Å². The third kappa shape index (κ3) is 3.24. The lowest BCUT2D eigenvalue weighted by atomic mass is 9.95. The van der Waals surface area contributed by atoms with Crippen molar-refractivity contribution in [3.8, 4) is 0 Å². The lowest BCUT2D eigenvalue weighted by molar-refractivity contribution is -0.0939. The van der Waals surface area contributed by atoms with Crippen LogP contribution in [-0.2, 0) is 19.8 Å². The zero-order valence-corrected chi connectivity index (χ0v) is 14.4. The molecule has 0 amide bonds. The molecule has 0 radical (unpaired) electrons.